The van der Waals surface area contributed by atoms with Gasteiger partial charge in [-0.25, -0.2) is 9.13 Å². The molecule has 546 valence electrons. The summed E-state index contributed by atoms with van der Waals surface area (Å²) in [7, 11) is -9.91. The molecule has 6 atom stereocenters. The second kappa shape index (κ2) is 62.6. The third-order valence-electron chi connectivity index (χ3n) is 17.2. The maximum Gasteiger partial charge on any atom is 0.472 e. The van der Waals surface area contributed by atoms with Gasteiger partial charge in [-0.1, -0.05) is 312 Å². The van der Waals surface area contributed by atoms with Gasteiger partial charge in [0.25, 0.3) is 0 Å². The number of phosphoric ester groups is 2. The average Bonchev–Trinajstić information content (AvgIpc) is 3.01. The second-order valence-corrected chi connectivity index (χ2v) is 30.9. The van der Waals surface area contributed by atoms with Crippen LogP contribution in [0, 0.1) is 23.7 Å². The molecule has 17 nitrogen and oxygen atoms in total. The Morgan fingerprint density at radius 2 is 0.522 bits per heavy atom. The molecule has 4 unspecified atom stereocenters. The molecule has 0 amide bonds. The Morgan fingerprint density at radius 1 is 0.304 bits per heavy atom. The maximum absolute atomic E-state index is 13.0. The second-order valence-electron chi connectivity index (χ2n) is 28.0. The van der Waals surface area contributed by atoms with Crippen molar-refractivity contribution in [3.05, 3.63) is 0 Å². The van der Waals surface area contributed by atoms with Crippen molar-refractivity contribution in [3.8, 4) is 0 Å². The number of ether oxygens (including phenoxy) is 4. The van der Waals surface area contributed by atoms with Gasteiger partial charge >= 0.3 is 39.5 Å². The van der Waals surface area contributed by atoms with E-state index in [2.05, 4.69) is 55.4 Å². The number of carbonyl (C=O) groups excluding carboxylic acids is 4. The summed E-state index contributed by atoms with van der Waals surface area (Å²) in [5, 5.41) is 10.6. The fourth-order valence-electron chi connectivity index (χ4n) is 11.0. The van der Waals surface area contributed by atoms with E-state index in [1.165, 1.54) is 161 Å². The SMILES string of the molecule is CCC(C)CCCCCCCCC(=O)O[C@H](COC(=O)CCCCCCCCCCCCCC(C)C)COP(=O)(O)OCC(O)COP(=O)(O)OC[C@@H](COC(=O)CCCCCCCCC(C)C)OC(=O)CCCCCCCCCCCCCCCCCCC(C)C. The van der Waals surface area contributed by atoms with Gasteiger partial charge in [-0.2, -0.15) is 0 Å². The predicted octanol–water partition coefficient (Wildman–Crippen LogP) is 20.9. The summed E-state index contributed by atoms with van der Waals surface area (Å²) in [6.45, 7) is 14.1. The lowest BCUT2D eigenvalue weighted by Crippen LogP contribution is -2.30. The number of aliphatic hydroxyl groups excluding tert-OH is 1. The monoisotopic (exact) mass is 1350 g/mol. The van der Waals surface area contributed by atoms with E-state index < -0.39 is 97.5 Å². The van der Waals surface area contributed by atoms with Crippen LogP contribution in [0.5, 0.6) is 0 Å². The molecule has 0 aliphatic heterocycles. The zero-order valence-electron chi connectivity index (χ0n) is 60.2. The fourth-order valence-corrected chi connectivity index (χ4v) is 12.6. The van der Waals surface area contributed by atoms with Crippen LogP contribution in [-0.2, 0) is 65.4 Å². The van der Waals surface area contributed by atoms with Crippen LogP contribution in [0.2, 0.25) is 0 Å². The molecule has 0 heterocycles. The van der Waals surface area contributed by atoms with E-state index in [-0.39, 0.29) is 25.7 Å². The number of rotatable bonds is 70. The molecule has 92 heavy (non-hydrogen) atoms. The average molecular weight is 1350 g/mol. The molecule has 0 rings (SSSR count). The summed E-state index contributed by atoms with van der Waals surface area (Å²) >= 11 is 0. The highest BCUT2D eigenvalue weighted by Gasteiger charge is 2.30. The van der Waals surface area contributed by atoms with E-state index in [0.29, 0.717) is 31.6 Å². The van der Waals surface area contributed by atoms with Crippen molar-refractivity contribution in [1.29, 1.82) is 0 Å². The molecule has 0 saturated carbocycles. The van der Waals surface area contributed by atoms with Crippen molar-refractivity contribution >= 4 is 39.5 Å². The number of hydrogen-bond acceptors (Lipinski definition) is 15. The smallest absolute Gasteiger partial charge is 0.462 e. The van der Waals surface area contributed by atoms with E-state index in [4.69, 9.17) is 37.0 Å². The van der Waals surface area contributed by atoms with Gasteiger partial charge in [-0.3, -0.25) is 37.3 Å². The maximum atomic E-state index is 13.0. The summed E-state index contributed by atoms with van der Waals surface area (Å²) in [5.41, 5.74) is 0. The first-order chi connectivity index (χ1) is 44.1. The van der Waals surface area contributed by atoms with Gasteiger partial charge in [0.15, 0.2) is 12.2 Å². The third-order valence-corrected chi connectivity index (χ3v) is 19.1. The molecule has 0 aromatic carbocycles. The molecule has 3 N–H and O–H groups in total. The summed E-state index contributed by atoms with van der Waals surface area (Å²) in [6.07, 6.45) is 46.1. The quantitative estimate of drug-likeness (QED) is 0.0222. The van der Waals surface area contributed by atoms with Crippen LogP contribution >= 0.6 is 15.6 Å². The van der Waals surface area contributed by atoms with Crippen LogP contribution in [0.25, 0.3) is 0 Å². The van der Waals surface area contributed by atoms with Crippen molar-refractivity contribution in [2.75, 3.05) is 39.6 Å². The fraction of sp³-hybridized carbons (Fsp3) is 0.945. The molecule has 0 saturated heterocycles. The zero-order valence-corrected chi connectivity index (χ0v) is 62.0. The topological polar surface area (TPSA) is 237 Å². The number of hydrogen-bond donors (Lipinski definition) is 3. The molecule has 0 aromatic heterocycles. The number of carbonyl (C=O) groups is 4. The Morgan fingerprint density at radius 3 is 0.772 bits per heavy atom. The highest BCUT2D eigenvalue weighted by Crippen LogP contribution is 2.45. The standard InChI is InChI=1S/C73H142O17P2/c1-9-66(8)52-44-36-30-32-40-48-56-73(78)90-69(59-83-70(75)53-45-37-27-23-20-16-18-22-26-34-42-50-64(4)5)62-88-92(81,82)86-58-67(74)57-85-91(79,80)87-61-68(60-84-71(76)54-46-38-31-29-35-43-51-65(6)7)89-72(77)55-47-39-28-24-19-15-13-11-10-12-14-17-21-25-33-41-49-63(2)3/h63-69,74H,9-62H2,1-8H3,(H,79,80)(H,81,82)/t66?,67?,68-,69-/m1/s1. The van der Waals surface area contributed by atoms with Crippen LogP contribution in [0.4, 0.5) is 0 Å². The predicted molar refractivity (Wildman–Crippen MR) is 372 cm³/mol. The van der Waals surface area contributed by atoms with E-state index >= 15 is 0 Å². The Balaban J connectivity index is 5.18. The lowest BCUT2D eigenvalue weighted by molar-refractivity contribution is -0.161. The van der Waals surface area contributed by atoms with Gasteiger partial charge in [-0.05, 0) is 49.4 Å². The molecule has 0 bridgehead atoms. The van der Waals surface area contributed by atoms with E-state index in [9.17, 15) is 43.2 Å². The van der Waals surface area contributed by atoms with E-state index in [1.54, 1.807) is 0 Å². The van der Waals surface area contributed by atoms with Crippen molar-refractivity contribution in [2.45, 2.75) is 382 Å². The minimum absolute atomic E-state index is 0.102. The lowest BCUT2D eigenvalue weighted by Gasteiger charge is -2.21. The van der Waals surface area contributed by atoms with Gasteiger partial charge in [0.05, 0.1) is 26.4 Å². The van der Waals surface area contributed by atoms with Gasteiger partial charge < -0.3 is 33.8 Å². The highest BCUT2D eigenvalue weighted by atomic mass is 31.2. The molecule has 19 heteroatoms. The summed E-state index contributed by atoms with van der Waals surface area (Å²) in [6, 6.07) is 0. The van der Waals surface area contributed by atoms with Crippen LogP contribution in [0.3, 0.4) is 0 Å². The molecule has 0 radical (unpaired) electrons. The molecule has 0 aliphatic rings. The van der Waals surface area contributed by atoms with Gasteiger partial charge in [-0.15, -0.1) is 0 Å². The molecule has 0 fully saturated rings. The van der Waals surface area contributed by atoms with Crippen molar-refractivity contribution in [3.63, 3.8) is 0 Å². The summed E-state index contributed by atoms with van der Waals surface area (Å²) in [5.74, 6) is 0.850. The van der Waals surface area contributed by atoms with Gasteiger partial charge in [0.2, 0.25) is 0 Å². The zero-order chi connectivity index (χ0) is 68.2. The first kappa shape index (κ1) is 90.1. The van der Waals surface area contributed by atoms with Gasteiger partial charge in [0.1, 0.15) is 19.3 Å². The summed E-state index contributed by atoms with van der Waals surface area (Å²) < 4.78 is 68.3. The Hall–Kier alpha value is -1.94. The Labute approximate surface area is 562 Å². The van der Waals surface area contributed by atoms with Crippen LogP contribution in [0.15, 0.2) is 0 Å². The number of aliphatic hydroxyl groups is 1. The van der Waals surface area contributed by atoms with Crippen molar-refractivity contribution in [1.82, 2.24) is 0 Å². The molecular formula is C73H142O17P2. The van der Waals surface area contributed by atoms with Gasteiger partial charge in [0, 0.05) is 25.7 Å². The Kier molecular flexibility index (Phi) is 61.3. The largest absolute Gasteiger partial charge is 0.472 e. The third kappa shape index (κ3) is 65.4. The normalized spacial score (nSPS) is 14.5. The molecule has 0 aliphatic carbocycles. The number of esters is 4. The van der Waals surface area contributed by atoms with Crippen molar-refractivity contribution in [2.24, 2.45) is 23.7 Å². The first-order valence-electron chi connectivity index (χ1n) is 37.7. The minimum Gasteiger partial charge on any atom is -0.462 e. The molecule has 0 spiro atoms. The Bertz CT molecular complexity index is 1820. The molecular weight excluding hydrogens is 1210 g/mol. The number of unbranched alkanes of at least 4 members (excludes halogenated alkanes) is 35. The van der Waals surface area contributed by atoms with Crippen LogP contribution < -0.4 is 0 Å². The molecule has 0 aromatic rings. The van der Waals surface area contributed by atoms with E-state index in [0.717, 1.165) is 114 Å². The van der Waals surface area contributed by atoms with E-state index in [1.807, 2.05) is 0 Å². The minimum atomic E-state index is -4.95. The number of phosphoric acid groups is 2. The summed E-state index contributed by atoms with van der Waals surface area (Å²) in [4.78, 5) is 72.6. The van der Waals surface area contributed by atoms with Crippen molar-refractivity contribution < 1.29 is 80.2 Å². The highest BCUT2D eigenvalue weighted by molar-refractivity contribution is 7.47. The van der Waals surface area contributed by atoms with Crippen LogP contribution in [0.1, 0.15) is 364 Å². The lowest BCUT2D eigenvalue weighted by atomic mass is 10.00. The van der Waals surface area contributed by atoms with Crippen LogP contribution in [-0.4, -0.2) is 96.7 Å². The first-order valence-corrected chi connectivity index (χ1v) is 40.7.